The number of hydrogen-bond donors (Lipinski definition) is 2. The lowest BCUT2D eigenvalue weighted by Crippen LogP contribution is -2.32. The number of thioether (sulfide) groups is 1. The minimum atomic E-state index is 0.577. The molecule has 104 valence electrons. The Morgan fingerprint density at radius 1 is 1.21 bits per heavy atom. The second-order valence-electron chi connectivity index (χ2n) is 5.07. The number of nitrogens with one attached hydrogen (secondary N) is 2. The summed E-state index contributed by atoms with van der Waals surface area (Å²) >= 11 is 1.91. The molecule has 0 radical (unpaired) electrons. The molecular formula is C16H24N2S. The lowest BCUT2D eigenvalue weighted by Gasteiger charge is -2.17. The highest BCUT2D eigenvalue weighted by Crippen LogP contribution is 2.26. The van der Waals surface area contributed by atoms with Crippen molar-refractivity contribution in [3.8, 4) is 0 Å². The predicted molar refractivity (Wildman–Crippen MR) is 86.0 cm³/mol. The number of H-pyrrole nitrogens is 1. The third kappa shape index (κ3) is 4.02. The molecule has 2 nitrogen and oxygen atoms in total. The Morgan fingerprint density at radius 3 is 2.63 bits per heavy atom. The van der Waals surface area contributed by atoms with Gasteiger partial charge >= 0.3 is 0 Å². The Kier molecular flexibility index (Phi) is 5.34. The van der Waals surface area contributed by atoms with Gasteiger partial charge < -0.3 is 10.3 Å². The van der Waals surface area contributed by atoms with Crippen LogP contribution in [0.2, 0.25) is 0 Å². The molecule has 1 atom stereocenters. The highest BCUT2D eigenvalue weighted by Gasteiger charge is 2.09. The average Bonchev–Trinajstić information content (AvgIpc) is 2.81. The van der Waals surface area contributed by atoms with Crippen molar-refractivity contribution in [2.24, 2.45) is 0 Å². The smallest absolute Gasteiger partial charge is 0.0735 e. The fourth-order valence-corrected chi connectivity index (χ4v) is 3.26. The first kappa shape index (κ1) is 14.5. The topological polar surface area (TPSA) is 27.8 Å². The zero-order valence-electron chi connectivity index (χ0n) is 12.1. The minimum absolute atomic E-state index is 0.577. The minimum Gasteiger partial charge on any atom is -0.350 e. The Hall–Kier alpha value is -0.930. The van der Waals surface area contributed by atoms with E-state index in [-0.39, 0.29) is 0 Å². The maximum absolute atomic E-state index is 3.64. The van der Waals surface area contributed by atoms with Crippen LogP contribution in [0.4, 0.5) is 0 Å². The molecule has 0 fully saturated rings. The van der Waals surface area contributed by atoms with Crippen LogP contribution in [0.3, 0.4) is 0 Å². The Morgan fingerprint density at radius 2 is 1.95 bits per heavy atom. The first-order chi connectivity index (χ1) is 9.22. The van der Waals surface area contributed by atoms with E-state index in [1.807, 2.05) is 11.8 Å². The molecule has 0 amide bonds. The van der Waals surface area contributed by atoms with Gasteiger partial charge in [-0.1, -0.05) is 39.0 Å². The van der Waals surface area contributed by atoms with Crippen LogP contribution in [-0.4, -0.2) is 22.8 Å². The van der Waals surface area contributed by atoms with Crippen LogP contribution in [0.25, 0.3) is 10.9 Å². The number of benzene rings is 1. The molecule has 0 aliphatic carbocycles. The number of hydrogen-bond acceptors (Lipinski definition) is 2. The summed E-state index contributed by atoms with van der Waals surface area (Å²) in [5.41, 5.74) is 1.23. The molecule has 0 saturated carbocycles. The summed E-state index contributed by atoms with van der Waals surface area (Å²) in [6, 6.07) is 11.3. The van der Waals surface area contributed by atoms with Crippen molar-refractivity contribution in [1.29, 1.82) is 0 Å². The van der Waals surface area contributed by atoms with Crippen LogP contribution in [0, 0.1) is 0 Å². The lowest BCUT2D eigenvalue weighted by molar-refractivity contribution is 0.488. The van der Waals surface area contributed by atoms with Crippen LogP contribution in [-0.2, 0) is 0 Å². The van der Waals surface area contributed by atoms with E-state index in [1.54, 1.807) is 0 Å². The summed E-state index contributed by atoms with van der Waals surface area (Å²) in [6.07, 6.45) is 2.42. The van der Waals surface area contributed by atoms with Gasteiger partial charge in [-0.05, 0) is 25.0 Å². The van der Waals surface area contributed by atoms with Gasteiger partial charge in [-0.2, -0.15) is 0 Å². The van der Waals surface area contributed by atoms with E-state index in [9.17, 15) is 0 Å². The Bertz CT molecular complexity index is 469. The summed E-state index contributed by atoms with van der Waals surface area (Å²) < 4.78 is 0. The van der Waals surface area contributed by atoms with Gasteiger partial charge in [-0.3, -0.25) is 0 Å². The van der Waals surface area contributed by atoms with Gasteiger partial charge in [0.15, 0.2) is 0 Å². The highest BCUT2D eigenvalue weighted by atomic mass is 32.2. The number of rotatable bonds is 7. The quantitative estimate of drug-likeness (QED) is 0.732. The highest BCUT2D eigenvalue weighted by molar-refractivity contribution is 7.99. The molecule has 0 saturated heterocycles. The molecule has 2 N–H and O–H groups in total. The van der Waals surface area contributed by atoms with Gasteiger partial charge in [0.05, 0.1) is 5.03 Å². The van der Waals surface area contributed by atoms with Crippen molar-refractivity contribution in [1.82, 2.24) is 10.3 Å². The van der Waals surface area contributed by atoms with Crippen LogP contribution >= 0.6 is 11.8 Å². The lowest BCUT2D eigenvalue weighted by atomic mass is 10.2. The van der Waals surface area contributed by atoms with Crippen LogP contribution in [0.15, 0.2) is 35.4 Å². The van der Waals surface area contributed by atoms with Gasteiger partial charge in [0.1, 0.15) is 0 Å². The standard InChI is InChI=1S/C16H24N2S/c1-4-14(5-2)17-11-12(3)19-16-10-13-8-6-7-9-15(13)18-16/h6-10,12,14,17-18H,4-5,11H2,1-3H3. The second kappa shape index (κ2) is 7.01. The maximum Gasteiger partial charge on any atom is 0.0735 e. The van der Waals surface area contributed by atoms with Crippen LogP contribution in [0.5, 0.6) is 0 Å². The van der Waals surface area contributed by atoms with E-state index in [2.05, 4.69) is 61.4 Å². The third-order valence-electron chi connectivity index (χ3n) is 3.51. The van der Waals surface area contributed by atoms with E-state index in [0.29, 0.717) is 11.3 Å². The summed E-state index contributed by atoms with van der Waals surface area (Å²) in [4.78, 5) is 3.48. The molecule has 3 heteroatoms. The molecule has 0 aliphatic rings. The molecule has 1 heterocycles. The van der Waals surface area contributed by atoms with Crippen molar-refractivity contribution >= 4 is 22.7 Å². The SMILES string of the molecule is CCC(CC)NCC(C)Sc1cc2ccccc2[nH]1. The molecular weight excluding hydrogens is 252 g/mol. The zero-order chi connectivity index (χ0) is 13.7. The van der Waals surface area contributed by atoms with E-state index in [4.69, 9.17) is 0 Å². The molecule has 2 rings (SSSR count). The van der Waals surface area contributed by atoms with E-state index < -0.39 is 0 Å². The molecule has 0 bridgehead atoms. The van der Waals surface area contributed by atoms with Crippen molar-refractivity contribution in [2.75, 3.05) is 6.54 Å². The van der Waals surface area contributed by atoms with Gasteiger partial charge in [-0.15, -0.1) is 11.8 Å². The number of aromatic nitrogens is 1. The van der Waals surface area contributed by atoms with E-state index >= 15 is 0 Å². The van der Waals surface area contributed by atoms with Gasteiger partial charge in [0.25, 0.3) is 0 Å². The fourth-order valence-electron chi connectivity index (χ4n) is 2.28. The monoisotopic (exact) mass is 276 g/mol. The molecule has 1 aromatic heterocycles. The van der Waals surface area contributed by atoms with E-state index in [1.165, 1.54) is 28.8 Å². The summed E-state index contributed by atoms with van der Waals surface area (Å²) in [5, 5.41) is 6.78. The molecule has 1 unspecified atom stereocenters. The maximum atomic E-state index is 3.64. The molecule has 19 heavy (non-hydrogen) atoms. The van der Waals surface area contributed by atoms with Gasteiger partial charge in [0, 0.05) is 28.7 Å². The molecule has 1 aromatic carbocycles. The molecule has 0 spiro atoms. The number of para-hydroxylation sites is 1. The molecule has 0 aliphatic heterocycles. The van der Waals surface area contributed by atoms with Crippen LogP contribution in [0.1, 0.15) is 33.6 Å². The van der Waals surface area contributed by atoms with Crippen molar-refractivity contribution in [3.63, 3.8) is 0 Å². The van der Waals surface area contributed by atoms with Crippen LogP contribution < -0.4 is 5.32 Å². The van der Waals surface area contributed by atoms with Crippen molar-refractivity contribution in [3.05, 3.63) is 30.3 Å². The van der Waals surface area contributed by atoms with Crippen molar-refractivity contribution < 1.29 is 0 Å². The fraction of sp³-hybridized carbons (Fsp3) is 0.500. The Balaban J connectivity index is 1.89. The average molecular weight is 276 g/mol. The first-order valence-electron chi connectivity index (χ1n) is 7.20. The second-order valence-corrected chi connectivity index (χ2v) is 6.55. The summed E-state index contributed by atoms with van der Waals surface area (Å²) in [6.45, 7) is 7.84. The summed E-state index contributed by atoms with van der Waals surface area (Å²) in [5.74, 6) is 0. The normalized spacial score (nSPS) is 13.3. The summed E-state index contributed by atoms with van der Waals surface area (Å²) in [7, 11) is 0. The number of aromatic amines is 1. The molecule has 2 aromatic rings. The Labute approximate surface area is 120 Å². The zero-order valence-corrected chi connectivity index (χ0v) is 12.9. The number of fused-ring (bicyclic) bond motifs is 1. The first-order valence-corrected chi connectivity index (χ1v) is 8.08. The predicted octanol–water partition coefficient (Wildman–Crippen LogP) is 4.43. The van der Waals surface area contributed by atoms with E-state index in [0.717, 1.165) is 6.54 Å². The van der Waals surface area contributed by atoms with Gasteiger partial charge in [-0.25, -0.2) is 0 Å². The third-order valence-corrected chi connectivity index (χ3v) is 4.56. The van der Waals surface area contributed by atoms with Gasteiger partial charge in [0.2, 0.25) is 0 Å². The largest absolute Gasteiger partial charge is 0.350 e. The van der Waals surface area contributed by atoms with Crippen molar-refractivity contribution in [2.45, 2.75) is 49.9 Å².